The maximum Gasteiger partial charge on any atom is 0.157 e. The van der Waals surface area contributed by atoms with Crippen molar-refractivity contribution in [1.82, 2.24) is 10.2 Å². The van der Waals surface area contributed by atoms with Gasteiger partial charge in [0.2, 0.25) is 0 Å². The second kappa shape index (κ2) is 7.39. The fourth-order valence-corrected chi connectivity index (χ4v) is 3.67. The van der Waals surface area contributed by atoms with Crippen molar-refractivity contribution in [3.05, 3.63) is 0 Å². The van der Waals surface area contributed by atoms with Crippen molar-refractivity contribution in [2.75, 3.05) is 20.6 Å². The van der Waals surface area contributed by atoms with Crippen LogP contribution in [0, 0.1) is 5.92 Å². The Bertz CT molecular complexity index is 266. The van der Waals surface area contributed by atoms with E-state index in [1.165, 1.54) is 12.8 Å². The zero-order valence-corrected chi connectivity index (χ0v) is 13.5. The van der Waals surface area contributed by atoms with Gasteiger partial charge in [-0.25, -0.2) is 0 Å². The first kappa shape index (κ1) is 15.8. The lowest BCUT2D eigenvalue weighted by Gasteiger charge is -2.29. The number of amidine groups is 1. The van der Waals surface area contributed by atoms with Crippen LogP contribution in [-0.4, -0.2) is 48.0 Å². The largest absolute Gasteiger partial charge is 0.361 e. The first-order valence-electron chi connectivity index (χ1n) is 7.02. The lowest BCUT2D eigenvalue weighted by atomic mass is 10.0. The van der Waals surface area contributed by atoms with Gasteiger partial charge in [0.05, 0.1) is 6.04 Å². The van der Waals surface area contributed by atoms with Crippen molar-refractivity contribution < 1.29 is 0 Å². The molecule has 3 nitrogen and oxygen atoms in total. The minimum Gasteiger partial charge on any atom is -0.361 e. The van der Waals surface area contributed by atoms with Gasteiger partial charge in [-0.3, -0.25) is 4.99 Å². The van der Waals surface area contributed by atoms with Crippen LogP contribution in [0.15, 0.2) is 4.99 Å². The molecule has 0 aromatic carbocycles. The Kier molecular flexibility index (Phi) is 6.50. The third kappa shape index (κ3) is 6.10. The van der Waals surface area contributed by atoms with Crippen LogP contribution in [0.4, 0.5) is 0 Å². The van der Waals surface area contributed by atoms with E-state index < -0.39 is 0 Å². The Morgan fingerprint density at radius 2 is 2.06 bits per heavy atom. The van der Waals surface area contributed by atoms with Gasteiger partial charge < -0.3 is 10.2 Å². The van der Waals surface area contributed by atoms with Crippen LogP contribution in [0.2, 0.25) is 0 Å². The highest BCUT2D eigenvalue weighted by Gasteiger charge is 2.21. The summed E-state index contributed by atoms with van der Waals surface area (Å²) in [7, 11) is 4.27. The highest BCUT2D eigenvalue weighted by Crippen LogP contribution is 2.24. The third-order valence-corrected chi connectivity index (χ3v) is 4.03. The van der Waals surface area contributed by atoms with Crippen LogP contribution < -0.4 is 5.32 Å². The summed E-state index contributed by atoms with van der Waals surface area (Å²) >= 11 is 1.89. The molecule has 0 radical (unpaired) electrons. The van der Waals surface area contributed by atoms with Crippen LogP contribution in [0.1, 0.15) is 40.5 Å². The molecule has 0 spiro atoms. The Labute approximate surface area is 117 Å². The van der Waals surface area contributed by atoms with Gasteiger partial charge in [-0.1, -0.05) is 32.5 Å². The minimum absolute atomic E-state index is 0.461. The summed E-state index contributed by atoms with van der Waals surface area (Å²) in [5.74, 6) is 0.714. The average molecular weight is 271 g/mol. The summed E-state index contributed by atoms with van der Waals surface area (Å²) in [5.41, 5.74) is 0. The molecule has 1 aliphatic rings. The van der Waals surface area contributed by atoms with Crippen LogP contribution >= 0.6 is 11.8 Å². The van der Waals surface area contributed by atoms with E-state index in [0.717, 1.165) is 11.7 Å². The Morgan fingerprint density at radius 1 is 1.39 bits per heavy atom. The highest BCUT2D eigenvalue weighted by molar-refractivity contribution is 8.14. The molecule has 0 aromatic rings. The van der Waals surface area contributed by atoms with Crippen molar-refractivity contribution in [2.45, 2.75) is 57.9 Å². The number of nitrogens with one attached hydrogen (secondary N) is 1. The van der Waals surface area contributed by atoms with E-state index >= 15 is 0 Å². The van der Waals surface area contributed by atoms with E-state index in [9.17, 15) is 0 Å². The maximum absolute atomic E-state index is 4.74. The quantitative estimate of drug-likeness (QED) is 0.833. The minimum atomic E-state index is 0.461. The van der Waals surface area contributed by atoms with Gasteiger partial charge in [0.15, 0.2) is 5.17 Å². The van der Waals surface area contributed by atoms with E-state index in [2.05, 4.69) is 52.0 Å². The number of rotatable bonds is 5. The van der Waals surface area contributed by atoms with E-state index in [1.807, 2.05) is 11.8 Å². The molecular formula is C14H29N3S. The van der Waals surface area contributed by atoms with Crippen LogP contribution in [0.3, 0.4) is 0 Å². The zero-order chi connectivity index (χ0) is 13.7. The van der Waals surface area contributed by atoms with Crippen molar-refractivity contribution in [1.29, 1.82) is 0 Å². The van der Waals surface area contributed by atoms with E-state index in [0.29, 0.717) is 23.3 Å². The van der Waals surface area contributed by atoms with E-state index in [-0.39, 0.29) is 0 Å². The standard InChI is InChI=1S/C14H29N3S/c1-10(2)7-13(9-17(5)6)16-14-15-11(3)8-12(4)18-14/h10-13H,7-9H2,1-6H3,(H,15,16). The first-order chi connectivity index (χ1) is 8.36. The van der Waals surface area contributed by atoms with Gasteiger partial charge in [-0.2, -0.15) is 0 Å². The van der Waals surface area contributed by atoms with Gasteiger partial charge in [-0.05, 0) is 39.8 Å². The lowest BCUT2D eigenvalue weighted by molar-refractivity contribution is 0.328. The zero-order valence-electron chi connectivity index (χ0n) is 12.7. The molecule has 0 amide bonds. The molecule has 1 aliphatic heterocycles. The SMILES string of the molecule is CC(C)CC(CN(C)C)NC1=NC(C)CC(C)S1. The molecule has 18 heavy (non-hydrogen) atoms. The smallest absolute Gasteiger partial charge is 0.157 e. The van der Waals surface area contributed by atoms with Crippen LogP contribution in [0.25, 0.3) is 0 Å². The molecule has 0 saturated carbocycles. The second-order valence-corrected chi connectivity index (χ2v) is 7.61. The average Bonchev–Trinajstić information content (AvgIpc) is 2.12. The van der Waals surface area contributed by atoms with Gasteiger partial charge in [-0.15, -0.1) is 0 Å². The molecule has 0 fully saturated rings. The van der Waals surface area contributed by atoms with Gasteiger partial charge in [0.1, 0.15) is 0 Å². The number of hydrogen-bond acceptors (Lipinski definition) is 4. The van der Waals surface area contributed by atoms with Crippen molar-refractivity contribution in [2.24, 2.45) is 10.9 Å². The molecule has 3 unspecified atom stereocenters. The Morgan fingerprint density at radius 3 is 2.56 bits per heavy atom. The van der Waals surface area contributed by atoms with Crippen molar-refractivity contribution >= 4 is 16.9 Å². The maximum atomic E-state index is 4.74. The molecule has 0 saturated heterocycles. The summed E-state index contributed by atoms with van der Waals surface area (Å²) in [4.78, 5) is 6.99. The summed E-state index contributed by atoms with van der Waals surface area (Å²) in [5, 5.41) is 5.48. The predicted molar refractivity (Wildman–Crippen MR) is 83.5 cm³/mol. The highest BCUT2D eigenvalue weighted by atomic mass is 32.2. The summed E-state index contributed by atoms with van der Waals surface area (Å²) in [6.45, 7) is 10.1. The Balaban J connectivity index is 2.58. The normalized spacial score (nSPS) is 26.3. The molecule has 0 bridgehead atoms. The number of aliphatic imine (C=N–C) groups is 1. The van der Waals surface area contributed by atoms with Crippen LogP contribution in [-0.2, 0) is 0 Å². The van der Waals surface area contributed by atoms with Gasteiger partial charge >= 0.3 is 0 Å². The molecule has 4 heteroatoms. The van der Waals surface area contributed by atoms with E-state index in [4.69, 9.17) is 4.99 Å². The summed E-state index contributed by atoms with van der Waals surface area (Å²) in [6.07, 6.45) is 2.39. The van der Waals surface area contributed by atoms with Crippen LogP contribution in [0.5, 0.6) is 0 Å². The fourth-order valence-electron chi connectivity index (χ4n) is 2.44. The molecule has 0 aliphatic carbocycles. The number of likely N-dealkylation sites (N-methyl/N-ethyl adjacent to an activating group) is 1. The molecule has 106 valence electrons. The topological polar surface area (TPSA) is 27.6 Å². The van der Waals surface area contributed by atoms with Gasteiger partial charge in [0, 0.05) is 17.8 Å². The Hall–Kier alpha value is -0.220. The molecule has 1 rings (SSSR count). The molecule has 3 atom stereocenters. The summed E-state index contributed by atoms with van der Waals surface area (Å²) < 4.78 is 0. The molecule has 1 heterocycles. The number of thioether (sulfide) groups is 1. The predicted octanol–water partition coefficient (Wildman–Crippen LogP) is 2.82. The van der Waals surface area contributed by atoms with Crippen molar-refractivity contribution in [3.63, 3.8) is 0 Å². The number of nitrogens with zero attached hydrogens (tertiary/aromatic N) is 2. The monoisotopic (exact) mass is 271 g/mol. The lowest BCUT2D eigenvalue weighted by Crippen LogP contribution is -2.43. The fraction of sp³-hybridized carbons (Fsp3) is 0.929. The summed E-state index contributed by atoms with van der Waals surface area (Å²) in [6, 6.07) is 0.964. The molecule has 0 aromatic heterocycles. The van der Waals surface area contributed by atoms with Gasteiger partial charge in [0.25, 0.3) is 0 Å². The number of hydrogen-bond donors (Lipinski definition) is 1. The molecule has 1 N–H and O–H groups in total. The van der Waals surface area contributed by atoms with E-state index in [1.54, 1.807) is 0 Å². The second-order valence-electron chi connectivity index (χ2n) is 6.18. The third-order valence-electron chi connectivity index (χ3n) is 2.99. The first-order valence-corrected chi connectivity index (χ1v) is 7.90. The van der Waals surface area contributed by atoms with Crippen molar-refractivity contribution in [3.8, 4) is 0 Å². The molecular weight excluding hydrogens is 242 g/mol.